The number of carbonyl (C=O) groups is 1. The molecule has 7 heteroatoms. The minimum absolute atomic E-state index is 0.0780. The van der Waals surface area contributed by atoms with Gasteiger partial charge in [0.1, 0.15) is 0 Å². The second-order valence-electron chi connectivity index (χ2n) is 4.57. The average Bonchev–Trinajstić information content (AvgIpc) is 2.84. The zero-order chi connectivity index (χ0) is 14.5. The first-order chi connectivity index (χ1) is 9.56. The summed E-state index contributed by atoms with van der Waals surface area (Å²) in [7, 11) is 1.88. The summed E-state index contributed by atoms with van der Waals surface area (Å²) in [5.41, 5.74) is 1.74. The summed E-state index contributed by atoms with van der Waals surface area (Å²) in [4.78, 5) is 26.5. The van der Waals surface area contributed by atoms with Gasteiger partial charge < -0.3 is 5.32 Å². The number of hydrogen-bond acceptors (Lipinski definition) is 6. The molecule has 1 atom stereocenters. The van der Waals surface area contributed by atoms with Gasteiger partial charge in [-0.05, 0) is 20.9 Å². The van der Waals surface area contributed by atoms with Crippen LogP contribution in [0.5, 0.6) is 0 Å². The number of anilines is 1. The third-order valence-corrected chi connectivity index (χ3v) is 3.79. The van der Waals surface area contributed by atoms with Crippen molar-refractivity contribution in [2.75, 3.05) is 12.4 Å². The first-order valence-electron chi connectivity index (χ1n) is 6.24. The summed E-state index contributed by atoms with van der Waals surface area (Å²) in [6.45, 7) is 4.32. The Hall–Kier alpha value is -1.86. The van der Waals surface area contributed by atoms with E-state index in [2.05, 4.69) is 20.3 Å². The monoisotopic (exact) mass is 291 g/mol. The van der Waals surface area contributed by atoms with Crippen LogP contribution in [0, 0.1) is 6.92 Å². The Labute approximate surface area is 121 Å². The molecular weight excluding hydrogens is 274 g/mol. The SMILES string of the molecule is Cc1csc(NC(=O)C(C)N(C)Cc2cnccn2)n1. The molecular formula is C13H17N5OS. The summed E-state index contributed by atoms with van der Waals surface area (Å²) in [6, 6.07) is -0.277. The number of hydrogen-bond donors (Lipinski definition) is 1. The highest BCUT2D eigenvalue weighted by molar-refractivity contribution is 7.13. The predicted molar refractivity (Wildman–Crippen MR) is 78.4 cm³/mol. The van der Waals surface area contributed by atoms with Crippen molar-refractivity contribution in [2.45, 2.75) is 26.4 Å². The maximum Gasteiger partial charge on any atom is 0.243 e. The number of aromatic nitrogens is 3. The van der Waals surface area contributed by atoms with E-state index in [0.29, 0.717) is 11.7 Å². The number of likely N-dealkylation sites (N-methyl/N-ethyl adjacent to an activating group) is 1. The molecule has 6 nitrogen and oxygen atoms in total. The smallest absolute Gasteiger partial charge is 0.243 e. The van der Waals surface area contributed by atoms with E-state index in [1.54, 1.807) is 18.6 Å². The first-order valence-corrected chi connectivity index (χ1v) is 7.12. The van der Waals surface area contributed by atoms with Gasteiger partial charge in [-0.1, -0.05) is 0 Å². The molecule has 2 aromatic heterocycles. The van der Waals surface area contributed by atoms with Crippen molar-refractivity contribution in [3.63, 3.8) is 0 Å². The largest absolute Gasteiger partial charge is 0.301 e. The lowest BCUT2D eigenvalue weighted by atomic mass is 10.2. The van der Waals surface area contributed by atoms with Gasteiger partial charge in [-0.3, -0.25) is 19.7 Å². The molecule has 1 unspecified atom stereocenters. The highest BCUT2D eigenvalue weighted by Crippen LogP contribution is 2.15. The van der Waals surface area contributed by atoms with Crippen LogP contribution in [0.1, 0.15) is 18.3 Å². The normalized spacial score (nSPS) is 12.4. The van der Waals surface area contributed by atoms with Crippen LogP contribution in [0.25, 0.3) is 0 Å². The Balaban J connectivity index is 1.92. The van der Waals surface area contributed by atoms with Crippen molar-refractivity contribution in [3.05, 3.63) is 35.4 Å². The zero-order valence-electron chi connectivity index (χ0n) is 11.7. The van der Waals surface area contributed by atoms with E-state index < -0.39 is 0 Å². The zero-order valence-corrected chi connectivity index (χ0v) is 12.5. The minimum atomic E-state index is -0.277. The van der Waals surface area contributed by atoms with Crippen LogP contribution in [0.2, 0.25) is 0 Å². The lowest BCUT2D eigenvalue weighted by Crippen LogP contribution is -2.39. The number of nitrogens with zero attached hydrogens (tertiary/aromatic N) is 4. The van der Waals surface area contributed by atoms with Gasteiger partial charge in [-0.2, -0.15) is 0 Å². The second-order valence-corrected chi connectivity index (χ2v) is 5.43. The third-order valence-electron chi connectivity index (χ3n) is 2.92. The van der Waals surface area contributed by atoms with E-state index >= 15 is 0 Å². The van der Waals surface area contributed by atoms with Crippen LogP contribution >= 0.6 is 11.3 Å². The molecule has 0 bridgehead atoms. The molecule has 0 aliphatic rings. The lowest BCUT2D eigenvalue weighted by Gasteiger charge is -2.22. The topological polar surface area (TPSA) is 71.0 Å². The van der Waals surface area contributed by atoms with E-state index in [9.17, 15) is 4.79 Å². The Bertz CT molecular complexity index is 571. The van der Waals surface area contributed by atoms with Gasteiger partial charge >= 0.3 is 0 Å². The van der Waals surface area contributed by atoms with Crippen LogP contribution in [-0.2, 0) is 11.3 Å². The van der Waals surface area contributed by atoms with Crippen LogP contribution < -0.4 is 5.32 Å². The van der Waals surface area contributed by atoms with Crippen LogP contribution in [0.3, 0.4) is 0 Å². The Morgan fingerprint density at radius 1 is 1.50 bits per heavy atom. The number of amides is 1. The molecule has 0 fully saturated rings. The van der Waals surface area contributed by atoms with Gasteiger partial charge in [0.05, 0.1) is 17.4 Å². The van der Waals surface area contributed by atoms with Gasteiger partial charge in [-0.15, -0.1) is 11.3 Å². The number of carbonyl (C=O) groups excluding carboxylic acids is 1. The van der Waals surface area contributed by atoms with E-state index in [4.69, 9.17) is 0 Å². The molecule has 106 valence electrons. The Kier molecular flexibility index (Phi) is 4.75. The highest BCUT2D eigenvalue weighted by atomic mass is 32.1. The van der Waals surface area contributed by atoms with Crippen molar-refractivity contribution < 1.29 is 4.79 Å². The third kappa shape index (κ3) is 3.82. The molecule has 0 radical (unpaired) electrons. The molecule has 2 heterocycles. The summed E-state index contributed by atoms with van der Waals surface area (Å²) < 4.78 is 0. The Morgan fingerprint density at radius 2 is 2.30 bits per heavy atom. The molecule has 2 rings (SSSR count). The van der Waals surface area contributed by atoms with E-state index in [-0.39, 0.29) is 11.9 Å². The maximum atomic E-state index is 12.1. The molecule has 0 aliphatic carbocycles. The molecule has 0 aliphatic heterocycles. The molecule has 0 saturated heterocycles. The van der Waals surface area contributed by atoms with Gasteiger partial charge in [0.2, 0.25) is 5.91 Å². The van der Waals surface area contributed by atoms with Crippen molar-refractivity contribution in [1.82, 2.24) is 19.9 Å². The molecule has 0 spiro atoms. The van der Waals surface area contributed by atoms with Gasteiger partial charge in [0.25, 0.3) is 0 Å². The summed E-state index contributed by atoms with van der Waals surface area (Å²) >= 11 is 1.43. The predicted octanol–water partition coefficient (Wildman–Crippen LogP) is 1.70. The van der Waals surface area contributed by atoms with E-state index in [0.717, 1.165) is 11.4 Å². The summed E-state index contributed by atoms with van der Waals surface area (Å²) in [5, 5.41) is 5.36. The van der Waals surface area contributed by atoms with Crippen molar-refractivity contribution in [1.29, 1.82) is 0 Å². The van der Waals surface area contributed by atoms with Gasteiger partial charge in [0, 0.05) is 30.5 Å². The van der Waals surface area contributed by atoms with Gasteiger partial charge in [-0.25, -0.2) is 4.98 Å². The van der Waals surface area contributed by atoms with Crippen molar-refractivity contribution in [2.24, 2.45) is 0 Å². The fourth-order valence-electron chi connectivity index (χ4n) is 1.63. The number of aryl methyl sites for hydroxylation is 1. The van der Waals surface area contributed by atoms with Crippen molar-refractivity contribution >= 4 is 22.4 Å². The highest BCUT2D eigenvalue weighted by Gasteiger charge is 2.19. The molecule has 1 N–H and O–H groups in total. The first kappa shape index (κ1) is 14.5. The van der Waals surface area contributed by atoms with Crippen LogP contribution in [0.4, 0.5) is 5.13 Å². The van der Waals surface area contributed by atoms with Crippen molar-refractivity contribution in [3.8, 4) is 0 Å². The van der Waals surface area contributed by atoms with Gasteiger partial charge in [0.15, 0.2) is 5.13 Å². The van der Waals surface area contributed by atoms with E-state index in [1.165, 1.54) is 11.3 Å². The molecule has 20 heavy (non-hydrogen) atoms. The number of rotatable bonds is 5. The van der Waals surface area contributed by atoms with Crippen LogP contribution in [0.15, 0.2) is 24.0 Å². The molecule has 0 saturated carbocycles. The second kappa shape index (κ2) is 6.53. The summed E-state index contributed by atoms with van der Waals surface area (Å²) in [6.07, 6.45) is 4.97. The van der Waals surface area contributed by atoms with E-state index in [1.807, 2.05) is 31.2 Å². The standard InChI is InChI=1S/C13H17N5OS/c1-9-8-20-13(16-9)17-12(19)10(2)18(3)7-11-6-14-4-5-15-11/h4-6,8,10H,7H2,1-3H3,(H,16,17,19). The minimum Gasteiger partial charge on any atom is -0.301 e. The Morgan fingerprint density at radius 3 is 2.90 bits per heavy atom. The molecule has 2 aromatic rings. The molecule has 1 amide bonds. The molecule has 0 aromatic carbocycles. The number of thiazole rings is 1. The fourth-order valence-corrected chi connectivity index (χ4v) is 2.32. The quantitative estimate of drug-likeness (QED) is 0.908. The summed E-state index contributed by atoms with van der Waals surface area (Å²) in [5.74, 6) is -0.0780. The lowest BCUT2D eigenvalue weighted by molar-refractivity contribution is -0.120. The van der Waals surface area contributed by atoms with Crippen LogP contribution in [-0.4, -0.2) is 38.8 Å². The maximum absolute atomic E-state index is 12.1. The fraction of sp³-hybridized carbons (Fsp3) is 0.385. The average molecular weight is 291 g/mol. The number of nitrogens with one attached hydrogen (secondary N) is 1.